The van der Waals surface area contributed by atoms with Gasteiger partial charge in [-0.2, -0.15) is 18.3 Å². The number of nitro benzene ring substituents is 2. The van der Waals surface area contributed by atoms with Gasteiger partial charge in [-0.25, -0.2) is 4.68 Å². The van der Waals surface area contributed by atoms with E-state index in [2.05, 4.69) is 10.4 Å². The molecule has 11 nitrogen and oxygen atoms in total. The fourth-order valence-corrected chi connectivity index (χ4v) is 2.79. The minimum atomic E-state index is -4.53. The van der Waals surface area contributed by atoms with Gasteiger partial charge in [0, 0.05) is 18.3 Å². The number of amides is 1. The molecule has 3 rings (SSSR count). The number of alkyl halides is 3. The SMILES string of the molecule is Cc1c([N+](=O)[O-])cc(NC(=O)c2ccn(COc3cccc(C(F)(F)F)c3)n2)cc1[N+](=O)[O-]. The fraction of sp³-hybridized carbons (Fsp3) is 0.158. The Kier molecular flexibility index (Phi) is 6.28. The van der Waals surface area contributed by atoms with Crippen LogP contribution in [0.5, 0.6) is 5.75 Å². The van der Waals surface area contributed by atoms with E-state index < -0.39 is 38.9 Å². The van der Waals surface area contributed by atoms with Crippen molar-refractivity contribution in [3.63, 3.8) is 0 Å². The number of nitrogens with zero attached hydrogens (tertiary/aromatic N) is 4. The summed E-state index contributed by atoms with van der Waals surface area (Å²) in [7, 11) is 0. The molecule has 0 unspecified atom stereocenters. The average molecular weight is 465 g/mol. The molecule has 0 spiro atoms. The van der Waals surface area contributed by atoms with Gasteiger partial charge in [0.25, 0.3) is 17.3 Å². The summed E-state index contributed by atoms with van der Waals surface area (Å²) in [6.45, 7) is 0.907. The summed E-state index contributed by atoms with van der Waals surface area (Å²) in [6, 6.07) is 7.44. The van der Waals surface area contributed by atoms with Gasteiger partial charge in [-0.1, -0.05) is 6.07 Å². The number of rotatable bonds is 7. The Morgan fingerprint density at radius 2 is 1.76 bits per heavy atom. The van der Waals surface area contributed by atoms with Gasteiger partial charge in [0.05, 0.1) is 21.1 Å². The van der Waals surface area contributed by atoms with Crippen molar-refractivity contribution in [2.45, 2.75) is 19.8 Å². The van der Waals surface area contributed by atoms with E-state index in [1.165, 1.54) is 31.3 Å². The predicted octanol–water partition coefficient (Wildman–Crippen LogP) is 4.32. The molecule has 0 bridgehead atoms. The second-order valence-corrected chi connectivity index (χ2v) is 6.65. The Hall–Kier alpha value is -4.49. The first-order chi connectivity index (χ1) is 15.5. The maximum absolute atomic E-state index is 12.8. The van der Waals surface area contributed by atoms with E-state index in [1.54, 1.807) is 0 Å². The average Bonchev–Trinajstić information content (AvgIpc) is 3.22. The van der Waals surface area contributed by atoms with Crippen molar-refractivity contribution in [1.82, 2.24) is 9.78 Å². The normalized spacial score (nSPS) is 11.2. The largest absolute Gasteiger partial charge is 0.471 e. The standard InChI is InChI=1S/C19H14F3N5O6/c1-11-16(26(29)30)8-13(9-17(11)27(31)32)23-18(28)15-5-6-25(24-15)10-33-14-4-2-3-12(7-14)19(20,21)22/h2-9H,10H2,1H3,(H,23,28). The zero-order valence-electron chi connectivity index (χ0n) is 16.7. The lowest BCUT2D eigenvalue weighted by Crippen LogP contribution is -2.15. The number of benzene rings is 2. The molecule has 0 aliphatic rings. The number of carbonyl (C=O) groups excluding carboxylic acids is 1. The molecule has 1 aromatic heterocycles. The van der Waals surface area contributed by atoms with Crippen LogP contribution in [-0.4, -0.2) is 25.5 Å². The molecule has 0 radical (unpaired) electrons. The van der Waals surface area contributed by atoms with Gasteiger partial charge >= 0.3 is 6.18 Å². The molecule has 33 heavy (non-hydrogen) atoms. The minimum absolute atomic E-state index is 0.0643. The van der Waals surface area contributed by atoms with Crippen LogP contribution in [0.15, 0.2) is 48.7 Å². The van der Waals surface area contributed by atoms with Crippen LogP contribution in [0.25, 0.3) is 0 Å². The molecule has 0 aliphatic carbocycles. The number of nitrogens with one attached hydrogen (secondary N) is 1. The molecule has 0 saturated carbocycles. The molecule has 0 saturated heterocycles. The summed E-state index contributed by atoms with van der Waals surface area (Å²) < 4.78 is 44.7. The first-order valence-electron chi connectivity index (χ1n) is 9.04. The van der Waals surface area contributed by atoms with Gasteiger partial charge in [-0.3, -0.25) is 25.0 Å². The van der Waals surface area contributed by atoms with Gasteiger partial charge in [-0.05, 0) is 31.2 Å². The Labute approximate surface area is 182 Å². The van der Waals surface area contributed by atoms with Crippen molar-refractivity contribution in [2.24, 2.45) is 0 Å². The molecule has 1 N–H and O–H groups in total. The number of halogens is 3. The van der Waals surface area contributed by atoms with E-state index in [9.17, 15) is 38.2 Å². The van der Waals surface area contributed by atoms with E-state index in [0.29, 0.717) is 0 Å². The Morgan fingerprint density at radius 3 is 2.33 bits per heavy atom. The zero-order chi connectivity index (χ0) is 24.3. The molecule has 0 atom stereocenters. The van der Waals surface area contributed by atoms with Crippen molar-refractivity contribution >= 4 is 23.0 Å². The zero-order valence-corrected chi connectivity index (χ0v) is 16.7. The van der Waals surface area contributed by atoms with E-state index in [4.69, 9.17) is 4.74 Å². The molecule has 0 fully saturated rings. The highest BCUT2D eigenvalue weighted by Gasteiger charge is 2.30. The van der Waals surface area contributed by atoms with Crippen molar-refractivity contribution in [2.75, 3.05) is 5.32 Å². The lowest BCUT2D eigenvalue weighted by molar-refractivity contribution is -0.395. The molecular formula is C19H14F3N5O6. The molecule has 14 heteroatoms. The van der Waals surface area contributed by atoms with E-state index in [0.717, 1.165) is 28.9 Å². The van der Waals surface area contributed by atoms with Gasteiger partial charge in [0.2, 0.25) is 0 Å². The predicted molar refractivity (Wildman–Crippen MR) is 107 cm³/mol. The molecule has 3 aromatic rings. The van der Waals surface area contributed by atoms with Crippen LogP contribution in [0, 0.1) is 27.2 Å². The maximum atomic E-state index is 12.8. The van der Waals surface area contributed by atoms with E-state index in [-0.39, 0.29) is 29.4 Å². The van der Waals surface area contributed by atoms with Crippen LogP contribution in [0.1, 0.15) is 21.6 Å². The smallest absolute Gasteiger partial charge is 0.416 e. The summed E-state index contributed by atoms with van der Waals surface area (Å²) >= 11 is 0. The van der Waals surface area contributed by atoms with Crippen LogP contribution in [0.4, 0.5) is 30.2 Å². The third kappa shape index (κ3) is 5.41. The number of aromatic nitrogens is 2. The second-order valence-electron chi connectivity index (χ2n) is 6.65. The lowest BCUT2D eigenvalue weighted by atomic mass is 10.1. The lowest BCUT2D eigenvalue weighted by Gasteiger charge is -2.10. The number of nitro groups is 2. The van der Waals surface area contributed by atoms with Gasteiger partial charge in [-0.15, -0.1) is 0 Å². The highest BCUT2D eigenvalue weighted by molar-refractivity contribution is 6.03. The maximum Gasteiger partial charge on any atom is 0.416 e. The summed E-state index contributed by atoms with van der Waals surface area (Å²) in [5.41, 5.74) is -2.48. The first-order valence-corrected chi connectivity index (χ1v) is 9.04. The topological polar surface area (TPSA) is 142 Å². The second kappa shape index (κ2) is 8.94. The van der Waals surface area contributed by atoms with E-state index >= 15 is 0 Å². The summed E-state index contributed by atoms with van der Waals surface area (Å²) in [4.78, 5) is 33.1. The van der Waals surface area contributed by atoms with Crippen molar-refractivity contribution < 1.29 is 32.5 Å². The summed E-state index contributed by atoms with van der Waals surface area (Å²) in [5, 5.41) is 28.5. The number of carbonyl (C=O) groups is 1. The van der Waals surface area contributed by atoms with Crippen LogP contribution in [0.3, 0.4) is 0 Å². The number of hydrogen-bond acceptors (Lipinski definition) is 7. The third-order valence-corrected chi connectivity index (χ3v) is 4.40. The molecular weight excluding hydrogens is 451 g/mol. The summed E-state index contributed by atoms with van der Waals surface area (Å²) in [6.07, 6.45) is -3.21. The van der Waals surface area contributed by atoms with Gasteiger partial charge in [0.1, 0.15) is 11.3 Å². The fourth-order valence-electron chi connectivity index (χ4n) is 2.79. The highest BCUT2D eigenvalue weighted by Crippen LogP contribution is 2.32. The summed E-state index contributed by atoms with van der Waals surface area (Å²) in [5.74, 6) is -0.883. The first kappa shape index (κ1) is 23.2. The van der Waals surface area contributed by atoms with Crippen molar-refractivity contribution in [1.29, 1.82) is 0 Å². The van der Waals surface area contributed by atoms with Gasteiger partial charge < -0.3 is 10.1 Å². The number of hydrogen-bond donors (Lipinski definition) is 1. The van der Waals surface area contributed by atoms with Crippen LogP contribution < -0.4 is 10.1 Å². The molecule has 172 valence electrons. The molecule has 2 aromatic carbocycles. The van der Waals surface area contributed by atoms with Crippen LogP contribution in [-0.2, 0) is 12.9 Å². The Balaban J connectivity index is 1.72. The number of ether oxygens (including phenoxy) is 1. The van der Waals surface area contributed by atoms with Crippen LogP contribution in [0.2, 0.25) is 0 Å². The Bertz CT molecular complexity index is 1210. The monoisotopic (exact) mass is 465 g/mol. The minimum Gasteiger partial charge on any atom is -0.471 e. The van der Waals surface area contributed by atoms with Crippen molar-refractivity contribution in [3.8, 4) is 5.75 Å². The van der Waals surface area contributed by atoms with Gasteiger partial charge in [0.15, 0.2) is 12.4 Å². The van der Waals surface area contributed by atoms with Crippen LogP contribution >= 0.6 is 0 Å². The number of anilines is 1. The highest BCUT2D eigenvalue weighted by atomic mass is 19.4. The quantitative estimate of drug-likeness (QED) is 0.404. The van der Waals surface area contributed by atoms with Crippen molar-refractivity contribution in [3.05, 3.63) is 85.7 Å². The van der Waals surface area contributed by atoms with E-state index in [1.807, 2.05) is 0 Å². The molecule has 1 heterocycles. The Morgan fingerprint density at radius 1 is 1.12 bits per heavy atom. The molecule has 1 amide bonds. The molecule has 0 aliphatic heterocycles. The third-order valence-electron chi connectivity index (χ3n) is 4.40.